The average Bonchev–Trinajstić information content (AvgIpc) is 3.04. The van der Waals surface area contributed by atoms with Crippen LogP contribution < -0.4 is 5.32 Å². The van der Waals surface area contributed by atoms with Gasteiger partial charge in [0.2, 0.25) is 11.0 Å². The van der Waals surface area contributed by atoms with E-state index in [0.717, 1.165) is 23.7 Å². The molecule has 1 aromatic rings. The third-order valence-electron chi connectivity index (χ3n) is 5.11. The van der Waals surface area contributed by atoms with Gasteiger partial charge in [0.05, 0.1) is 12.1 Å². The van der Waals surface area contributed by atoms with Gasteiger partial charge in [-0.1, -0.05) is 0 Å². The van der Waals surface area contributed by atoms with E-state index in [1.54, 1.807) is 11.8 Å². The zero-order chi connectivity index (χ0) is 19.8. The van der Waals surface area contributed by atoms with Gasteiger partial charge in [-0.05, 0) is 19.8 Å². The first-order valence-corrected chi connectivity index (χ1v) is 10.5. The molecule has 2 amide bonds. The lowest BCUT2D eigenvalue weighted by atomic mass is 10.0. The van der Waals surface area contributed by atoms with Crippen molar-refractivity contribution in [1.82, 2.24) is 19.4 Å². The van der Waals surface area contributed by atoms with Crippen molar-refractivity contribution in [3.8, 4) is 0 Å². The van der Waals surface area contributed by atoms with Crippen LogP contribution in [0.15, 0.2) is 15.6 Å². The molecule has 1 N–H and O–H groups in total. The highest BCUT2D eigenvalue weighted by molar-refractivity contribution is 7.88. The Hall–Kier alpha value is -1.62. The highest BCUT2D eigenvalue weighted by Crippen LogP contribution is 2.25. The fraction of sp³-hybridized carbons (Fsp3) is 0.647. The van der Waals surface area contributed by atoms with Crippen LogP contribution in [0.1, 0.15) is 29.0 Å². The van der Waals surface area contributed by atoms with E-state index in [-0.39, 0.29) is 46.7 Å². The quantitative estimate of drug-likeness (QED) is 0.730. The van der Waals surface area contributed by atoms with E-state index in [0.29, 0.717) is 26.2 Å². The zero-order valence-corrected chi connectivity index (χ0v) is 17.9. The SMILES string of the molecule is Cc1oc(S(=O)(=O)N(C)C)cc1C(=O)N1CCCC(N2CCNCC2=O)C1.Cl. The number of furan rings is 1. The van der Waals surface area contributed by atoms with Gasteiger partial charge in [-0.2, -0.15) is 0 Å². The number of likely N-dealkylation sites (tertiary alicyclic amines) is 1. The van der Waals surface area contributed by atoms with E-state index in [9.17, 15) is 18.0 Å². The summed E-state index contributed by atoms with van der Waals surface area (Å²) in [6.07, 6.45) is 1.66. The number of carbonyl (C=O) groups excluding carboxylic acids is 2. The number of nitrogens with zero attached hydrogens (tertiary/aromatic N) is 3. The normalized spacial score (nSPS) is 21.0. The molecule has 3 rings (SSSR count). The standard InChI is InChI=1S/C17H26N4O5S.ClH/c1-12-14(9-16(26-12)27(24,25)19(2)3)17(23)20-7-4-5-13(11-20)21-8-6-18-10-15(21)22;/h9,13,18H,4-8,10-11H2,1-3H3;1H. The first-order chi connectivity index (χ1) is 12.7. The van der Waals surface area contributed by atoms with Crippen molar-refractivity contribution in [3.63, 3.8) is 0 Å². The number of aryl methyl sites for hydroxylation is 1. The fourth-order valence-corrected chi connectivity index (χ4v) is 4.40. The lowest BCUT2D eigenvalue weighted by Gasteiger charge is -2.41. The van der Waals surface area contributed by atoms with Crippen molar-refractivity contribution in [1.29, 1.82) is 0 Å². The monoisotopic (exact) mass is 434 g/mol. The number of piperazine rings is 1. The molecule has 9 nitrogen and oxygen atoms in total. The van der Waals surface area contributed by atoms with Crippen LogP contribution in [0.4, 0.5) is 0 Å². The number of nitrogens with one attached hydrogen (secondary N) is 1. The Morgan fingerprint density at radius 1 is 1.32 bits per heavy atom. The number of rotatable bonds is 4. The third-order valence-corrected chi connectivity index (χ3v) is 6.78. The van der Waals surface area contributed by atoms with Crippen molar-refractivity contribution < 1.29 is 22.4 Å². The summed E-state index contributed by atoms with van der Waals surface area (Å²) in [7, 11) is -0.920. The van der Waals surface area contributed by atoms with E-state index < -0.39 is 10.0 Å². The number of piperidine rings is 1. The highest BCUT2D eigenvalue weighted by atomic mass is 35.5. The molecule has 11 heteroatoms. The first kappa shape index (κ1) is 22.7. The average molecular weight is 435 g/mol. The molecule has 0 aliphatic carbocycles. The van der Waals surface area contributed by atoms with Gasteiger partial charge < -0.3 is 19.5 Å². The van der Waals surface area contributed by atoms with E-state index >= 15 is 0 Å². The number of halogens is 1. The Balaban J connectivity index is 0.00000280. The summed E-state index contributed by atoms with van der Waals surface area (Å²) in [5.74, 6) is 0.0731. The van der Waals surface area contributed by atoms with Gasteiger partial charge in [0.1, 0.15) is 5.76 Å². The van der Waals surface area contributed by atoms with Crippen LogP contribution in [-0.2, 0) is 14.8 Å². The van der Waals surface area contributed by atoms with Crippen LogP contribution in [0.5, 0.6) is 0 Å². The second-order valence-electron chi connectivity index (χ2n) is 7.13. The van der Waals surface area contributed by atoms with Crippen molar-refractivity contribution in [2.24, 2.45) is 0 Å². The molecule has 0 bridgehead atoms. The molecule has 2 aliphatic rings. The third kappa shape index (κ3) is 4.35. The molecular formula is C17H27ClN4O5S. The van der Waals surface area contributed by atoms with Crippen LogP contribution in [0.3, 0.4) is 0 Å². The van der Waals surface area contributed by atoms with Gasteiger partial charge in [0, 0.05) is 52.4 Å². The van der Waals surface area contributed by atoms with Gasteiger partial charge >= 0.3 is 0 Å². The van der Waals surface area contributed by atoms with Crippen LogP contribution in [-0.4, -0.2) is 87.2 Å². The highest BCUT2D eigenvalue weighted by Gasteiger charge is 2.34. The Labute approximate surface area is 171 Å². The maximum Gasteiger partial charge on any atom is 0.275 e. The molecule has 3 heterocycles. The van der Waals surface area contributed by atoms with Gasteiger partial charge in [-0.25, -0.2) is 12.7 Å². The molecule has 1 unspecified atom stereocenters. The summed E-state index contributed by atoms with van der Waals surface area (Å²) in [5, 5.41) is 2.81. The lowest BCUT2D eigenvalue weighted by Crippen LogP contribution is -2.57. The smallest absolute Gasteiger partial charge is 0.275 e. The van der Waals surface area contributed by atoms with E-state index in [2.05, 4.69) is 5.32 Å². The van der Waals surface area contributed by atoms with Crippen molar-refractivity contribution in [2.45, 2.75) is 30.9 Å². The van der Waals surface area contributed by atoms with E-state index in [1.165, 1.54) is 20.2 Å². The number of carbonyl (C=O) groups is 2. The summed E-state index contributed by atoms with van der Waals surface area (Å²) in [6, 6.07) is 1.29. The Morgan fingerprint density at radius 2 is 2.04 bits per heavy atom. The number of hydrogen-bond donors (Lipinski definition) is 1. The number of amides is 2. The minimum Gasteiger partial charge on any atom is -0.448 e. The van der Waals surface area contributed by atoms with Gasteiger partial charge in [0.25, 0.3) is 15.9 Å². The molecule has 28 heavy (non-hydrogen) atoms. The van der Waals surface area contributed by atoms with E-state index in [1.807, 2.05) is 4.90 Å². The topological polar surface area (TPSA) is 103 Å². The van der Waals surface area contributed by atoms with Gasteiger partial charge in [0.15, 0.2) is 0 Å². The van der Waals surface area contributed by atoms with Crippen LogP contribution in [0.2, 0.25) is 0 Å². The summed E-state index contributed by atoms with van der Waals surface area (Å²) in [4.78, 5) is 28.7. The van der Waals surface area contributed by atoms with Crippen LogP contribution >= 0.6 is 12.4 Å². The molecule has 0 saturated carbocycles. The molecule has 158 valence electrons. The molecule has 2 aliphatic heterocycles. The first-order valence-electron chi connectivity index (χ1n) is 9.04. The van der Waals surface area contributed by atoms with Crippen molar-refractivity contribution >= 4 is 34.2 Å². The maximum absolute atomic E-state index is 13.0. The van der Waals surface area contributed by atoms with Crippen molar-refractivity contribution in [3.05, 3.63) is 17.4 Å². The lowest BCUT2D eigenvalue weighted by molar-refractivity contribution is -0.135. The predicted octanol–water partition coefficient (Wildman–Crippen LogP) is 0.297. The Bertz CT molecular complexity index is 839. The van der Waals surface area contributed by atoms with Crippen LogP contribution in [0.25, 0.3) is 0 Å². The molecule has 2 fully saturated rings. The minimum atomic E-state index is -3.74. The van der Waals surface area contributed by atoms with E-state index in [4.69, 9.17) is 4.42 Å². The second kappa shape index (κ2) is 8.81. The minimum absolute atomic E-state index is 0. The Morgan fingerprint density at radius 3 is 2.68 bits per heavy atom. The fourth-order valence-electron chi connectivity index (χ4n) is 3.55. The summed E-state index contributed by atoms with van der Waals surface area (Å²) in [5.41, 5.74) is 0.253. The van der Waals surface area contributed by atoms with Gasteiger partial charge in [-0.3, -0.25) is 9.59 Å². The molecule has 0 spiro atoms. The maximum atomic E-state index is 13.0. The van der Waals surface area contributed by atoms with Crippen molar-refractivity contribution in [2.75, 3.05) is 46.8 Å². The second-order valence-corrected chi connectivity index (χ2v) is 9.22. The summed E-state index contributed by atoms with van der Waals surface area (Å²) in [6.45, 7) is 4.34. The number of sulfonamides is 1. The van der Waals surface area contributed by atoms with Gasteiger partial charge in [-0.15, -0.1) is 12.4 Å². The number of hydrogen-bond acceptors (Lipinski definition) is 6. The largest absolute Gasteiger partial charge is 0.448 e. The van der Waals surface area contributed by atoms with Crippen LogP contribution in [0, 0.1) is 6.92 Å². The molecule has 2 saturated heterocycles. The molecule has 0 radical (unpaired) electrons. The predicted molar refractivity (Wildman–Crippen MR) is 105 cm³/mol. The summed E-state index contributed by atoms with van der Waals surface area (Å²) < 4.78 is 30.9. The molecule has 1 aromatic heterocycles. The molecular weight excluding hydrogens is 408 g/mol. The summed E-state index contributed by atoms with van der Waals surface area (Å²) >= 11 is 0. The Kier molecular flexibility index (Phi) is 7.13. The molecule has 1 atom stereocenters. The molecule has 0 aromatic carbocycles. The zero-order valence-electron chi connectivity index (χ0n) is 16.3.